The number of hydrogen-bond donors (Lipinski definition) is 0. The van der Waals surface area contributed by atoms with Gasteiger partial charge in [-0.15, -0.1) is 11.3 Å². The summed E-state index contributed by atoms with van der Waals surface area (Å²) in [6.07, 6.45) is -6.23. The first-order valence-corrected chi connectivity index (χ1v) is 5.01. The van der Waals surface area contributed by atoms with Crippen molar-refractivity contribution in [3.8, 4) is 0 Å². The van der Waals surface area contributed by atoms with Crippen molar-refractivity contribution in [1.29, 1.82) is 0 Å². The summed E-state index contributed by atoms with van der Waals surface area (Å²) >= 11 is 3.42. The molecule has 0 saturated heterocycles. The van der Waals surface area contributed by atoms with E-state index in [4.69, 9.17) is 0 Å². The number of carbonyl (C=O) groups is 1. The van der Waals surface area contributed by atoms with Gasteiger partial charge in [0.15, 0.2) is 11.6 Å². The highest BCUT2D eigenvalue weighted by molar-refractivity contribution is 9.10. The molecule has 78 valence electrons. The van der Waals surface area contributed by atoms with Crippen LogP contribution in [0, 0.1) is 5.82 Å². The van der Waals surface area contributed by atoms with Crippen molar-refractivity contribution in [1.82, 2.24) is 0 Å². The number of carbonyl (C=O) groups excluding carboxylic acids is 1. The van der Waals surface area contributed by atoms with Gasteiger partial charge < -0.3 is 0 Å². The van der Waals surface area contributed by atoms with Crippen molar-refractivity contribution < 1.29 is 22.4 Å². The van der Waals surface area contributed by atoms with E-state index in [0.717, 1.165) is 0 Å². The Morgan fingerprint density at radius 3 is 2.43 bits per heavy atom. The minimum atomic E-state index is -4.60. The SMILES string of the molecule is O=C(CC(F)(F)F)c1scc(Br)c1F. The van der Waals surface area contributed by atoms with E-state index in [9.17, 15) is 22.4 Å². The molecule has 1 nitrogen and oxygen atoms in total. The lowest BCUT2D eigenvalue weighted by Crippen LogP contribution is -2.14. The van der Waals surface area contributed by atoms with Gasteiger partial charge in [-0.1, -0.05) is 0 Å². The lowest BCUT2D eigenvalue weighted by Gasteiger charge is -2.03. The maximum Gasteiger partial charge on any atom is 0.396 e. The minimum absolute atomic E-state index is 0.00743. The second kappa shape index (κ2) is 3.98. The first-order valence-electron chi connectivity index (χ1n) is 3.33. The lowest BCUT2D eigenvalue weighted by molar-refractivity contribution is -0.125. The molecule has 0 N–H and O–H groups in total. The minimum Gasteiger partial charge on any atom is -0.293 e. The Hall–Kier alpha value is -0.430. The molecule has 1 heterocycles. The number of rotatable bonds is 2. The summed E-state index contributed by atoms with van der Waals surface area (Å²) in [5.41, 5.74) is 0. The van der Waals surface area contributed by atoms with Gasteiger partial charge in [0.1, 0.15) is 11.3 Å². The molecule has 1 rings (SSSR count). The molecule has 7 heteroatoms. The molecule has 0 aliphatic heterocycles. The van der Waals surface area contributed by atoms with Crippen LogP contribution < -0.4 is 0 Å². The Balaban J connectivity index is 2.86. The summed E-state index contributed by atoms with van der Waals surface area (Å²) in [6.45, 7) is 0. The van der Waals surface area contributed by atoms with Gasteiger partial charge in [0.25, 0.3) is 0 Å². The van der Waals surface area contributed by atoms with Crippen molar-refractivity contribution in [2.75, 3.05) is 0 Å². The van der Waals surface area contributed by atoms with Crippen LogP contribution in [0.3, 0.4) is 0 Å². The molecule has 0 aromatic carbocycles. The van der Waals surface area contributed by atoms with Crippen LogP contribution in [0.5, 0.6) is 0 Å². The maximum absolute atomic E-state index is 13.0. The van der Waals surface area contributed by atoms with Gasteiger partial charge in [-0.25, -0.2) is 4.39 Å². The van der Waals surface area contributed by atoms with Crippen molar-refractivity contribution in [2.45, 2.75) is 12.6 Å². The van der Waals surface area contributed by atoms with Gasteiger partial charge in [0.05, 0.1) is 4.47 Å². The lowest BCUT2D eigenvalue weighted by atomic mass is 10.2. The van der Waals surface area contributed by atoms with E-state index < -0.39 is 29.1 Å². The third kappa shape index (κ3) is 2.78. The van der Waals surface area contributed by atoms with Gasteiger partial charge in [-0.2, -0.15) is 13.2 Å². The van der Waals surface area contributed by atoms with Gasteiger partial charge in [0, 0.05) is 5.38 Å². The second-order valence-corrected chi connectivity index (χ2v) is 4.18. The maximum atomic E-state index is 13.0. The van der Waals surface area contributed by atoms with Gasteiger partial charge in [-0.3, -0.25) is 4.79 Å². The topological polar surface area (TPSA) is 17.1 Å². The predicted octanol–water partition coefficient (Wildman–Crippen LogP) is 3.78. The number of halogens is 5. The summed E-state index contributed by atoms with van der Waals surface area (Å²) in [5.74, 6) is -2.17. The third-order valence-electron chi connectivity index (χ3n) is 1.30. The molecule has 0 saturated carbocycles. The predicted molar refractivity (Wildman–Crippen MR) is 47.0 cm³/mol. The number of Topliss-reactive ketones (excluding diaryl/α,β-unsaturated/α-hetero) is 1. The monoisotopic (exact) mass is 290 g/mol. The van der Waals surface area contributed by atoms with E-state index in [2.05, 4.69) is 15.9 Å². The van der Waals surface area contributed by atoms with Crippen LogP contribution in [-0.4, -0.2) is 12.0 Å². The summed E-state index contributed by atoms with van der Waals surface area (Å²) in [4.78, 5) is 10.4. The Bertz CT molecular complexity index is 357. The van der Waals surface area contributed by atoms with E-state index in [1.165, 1.54) is 5.38 Å². The van der Waals surface area contributed by atoms with E-state index in [-0.39, 0.29) is 4.47 Å². The fourth-order valence-electron chi connectivity index (χ4n) is 0.773. The highest BCUT2D eigenvalue weighted by Gasteiger charge is 2.33. The smallest absolute Gasteiger partial charge is 0.293 e. The molecule has 0 spiro atoms. The largest absolute Gasteiger partial charge is 0.396 e. The van der Waals surface area contributed by atoms with Crippen molar-refractivity contribution in [3.05, 3.63) is 20.5 Å². The zero-order valence-corrected chi connectivity index (χ0v) is 8.89. The Labute approximate surface area is 88.9 Å². The molecule has 0 radical (unpaired) electrons. The normalized spacial score (nSPS) is 11.8. The number of ketones is 1. The van der Waals surface area contributed by atoms with Crippen molar-refractivity contribution >= 4 is 33.0 Å². The fourth-order valence-corrected chi connectivity index (χ4v) is 2.12. The Kier molecular flexibility index (Phi) is 3.31. The zero-order chi connectivity index (χ0) is 10.9. The standard InChI is InChI=1S/C7H3BrF4OS/c8-3-2-14-6(5(3)9)4(13)1-7(10,11)12/h2H,1H2. The van der Waals surface area contributed by atoms with Crippen molar-refractivity contribution in [2.24, 2.45) is 0 Å². The summed E-state index contributed by atoms with van der Waals surface area (Å²) in [6, 6.07) is 0. The van der Waals surface area contributed by atoms with Crippen LogP contribution in [0.2, 0.25) is 0 Å². The summed E-state index contributed by atoms with van der Waals surface area (Å²) in [7, 11) is 0. The van der Waals surface area contributed by atoms with E-state index >= 15 is 0 Å². The van der Waals surface area contributed by atoms with Gasteiger partial charge in [-0.05, 0) is 15.9 Å². The number of alkyl halides is 3. The van der Waals surface area contributed by atoms with Crippen LogP contribution in [0.4, 0.5) is 17.6 Å². The molecule has 0 atom stereocenters. The molecule has 1 aromatic heterocycles. The molecule has 14 heavy (non-hydrogen) atoms. The van der Waals surface area contributed by atoms with E-state index in [1.807, 2.05) is 0 Å². The average molecular weight is 291 g/mol. The molecule has 0 aliphatic rings. The highest BCUT2D eigenvalue weighted by Crippen LogP contribution is 2.29. The van der Waals surface area contributed by atoms with Crippen molar-refractivity contribution in [3.63, 3.8) is 0 Å². The number of thiophene rings is 1. The quantitative estimate of drug-likeness (QED) is 0.598. The molecule has 0 bridgehead atoms. The van der Waals surface area contributed by atoms with Gasteiger partial charge >= 0.3 is 6.18 Å². The molecular formula is C7H3BrF4OS. The molecule has 1 aromatic rings. The number of hydrogen-bond acceptors (Lipinski definition) is 2. The fraction of sp³-hybridized carbons (Fsp3) is 0.286. The van der Waals surface area contributed by atoms with Crippen LogP contribution in [0.25, 0.3) is 0 Å². The summed E-state index contributed by atoms with van der Waals surface area (Å²) in [5, 5.41) is 1.24. The Morgan fingerprint density at radius 1 is 1.50 bits per heavy atom. The highest BCUT2D eigenvalue weighted by atomic mass is 79.9. The summed E-state index contributed by atoms with van der Waals surface area (Å²) < 4.78 is 48.3. The van der Waals surface area contributed by atoms with Crippen LogP contribution >= 0.6 is 27.3 Å². The molecule has 0 aliphatic carbocycles. The van der Waals surface area contributed by atoms with Gasteiger partial charge in [0.2, 0.25) is 0 Å². The third-order valence-corrected chi connectivity index (χ3v) is 3.18. The first kappa shape index (κ1) is 11.6. The molecule has 0 amide bonds. The van der Waals surface area contributed by atoms with E-state index in [1.54, 1.807) is 0 Å². The second-order valence-electron chi connectivity index (χ2n) is 2.44. The molecule has 0 fully saturated rings. The first-order chi connectivity index (χ1) is 6.31. The van der Waals surface area contributed by atoms with E-state index in [0.29, 0.717) is 11.3 Å². The van der Waals surface area contributed by atoms with Crippen LogP contribution in [-0.2, 0) is 0 Å². The zero-order valence-electron chi connectivity index (χ0n) is 6.49. The van der Waals surface area contributed by atoms with Crippen LogP contribution in [0.1, 0.15) is 16.1 Å². The molecule has 0 unspecified atom stereocenters. The Morgan fingerprint density at radius 2 is 2.07 bits per heavy atom. The van der Waals surface area contributed by atoms with Crippen LogP contribution in [0.15, 0.2) is 9.85 Å². The average Bonchev–Trinajstić information content (AvgIpc) is 2.29. The molecular weight excluding hydrogens is 288 g/mol.